The van der Waals surface area contributed by atoms with Crippen LogP contribution in [0.1, 0.15) is 79.8 Å². The molecule has 1 aromatic carbocycles. The van der Waals surface area contributed by atoms with E-state index in [4.69, 9.17) is 0 Å². The lowest BCUT2D eigenvalue weighted by molar-refractivity contribution is -0.126. The lowest BCUT2D eigenvalue weighted by atomic mass is 9.90. The van der Waals surface area contributed by atoms with Crippen LogP contribution in [0.25, 0.3) is 0 Å². The number of fused-ring (bicyclic) bond motifs is 1. The molecule has 0 saturated carbocycles. The molecule has 1 fully saturated rings. The van der Waals surface area contributed by atoms with Crippen molar-refractivity contribution in [3.8, 4) is 0 Å². The first kappa shape index (κ1) is 19.9. The second-order valence-corrected chi connectivity index (χ2v) is 8.13. The molecule has 1 aliphatic carbocycles. The fraction of sp³-hybridized carbons (Fsp3) is 0.652. The summed E-state index contributed by atoms with van der Waals surface area (Å²) in [5.74, 6) is 0.143. The molecule has 1 heterocycles. The van der Waals surface area contributed by atoms with Crippen LogP contribution >= 0.6 is 0 Å². The van der Waals surface area contributed by atoms with Crippen LogP contribution in [0.3, 0.4) is 0 Å². The zero-order chi connectivity index (χ0) is 19.1. The van der Waals surface area contributed by atoms with Gasteiger partial charge in [-0.2, -0.15) is 0 Å². The Labute approximate surface area is 163 Å². The number of hydrogen-bond donors (Lipinski definition) is 1. The van der Waals surface area contributed by atoms with Gasteiger partial charge in [0.2, 0.25) is 5.91 Å². The van der Waals surface area contributed by atoms with Gasteiger partial charge in [0, 0.05) is 25.2 Å². The van der Waals surface area contributed by atoms with Crippen molar-refractivity contribution in [1.82, 2.24) is 10.2 Å². The van der Waals surface area contributed by atoms with Gasteiger partial charge in [0.1, 0.15) is 0 Å². The van der Waals surface area contributed by atoms with Gasteiger partial charge in [-0.15, -0.1) is 0 Å². The van der Waals surface area contributed by atoms with Crippen LogP contribution in [0.4, 0.5) is 0 Å². The maximum Gasteiger partial charge on any atom is 0.253 e. The third-order valence-corrected chi connectivity index (χ3v) is 6.00. The predicted octanol–water partition coefficient (Wildman–Crippen LogP) is 4.11. The standard InChI is InChI=1S/C23H34N2O2/c1-2-3-4-7-14-24-22(26)21-11-8-15-25(17-21)23(27)20-13-12-18-9-5-6-10-19(18)16-20/h12-13,16,21H,2-11,14-15,17H2,1H3,(H,24,26). The monoisotopic (exact) mass is 370 g/mol. The highest BCUT2D eigenvalue weighted by Gasteiger charge is 2.29. The summed E-state index contributed by atoms with van der Waals surface area (Å²) in [7, 11) is 0. The third-order valence-electron chi connectivity index (χ3n) is 6.00. The smallest absolute Gasteiger partial charge is 0.253 e. The summed E-state index contributed by atoms with van der Waals surface area (Å²) in [6.45, 7) is 4.26. The molecular weight excluding hydrogens is 336 g/mol. The average molecular weight is 371 g/mol. The summed E-state index contributed by atoms with van der Waals surface area (Å²) in [5, 5.41) is 3.07. The fourth-order valence-corrected chi connectivity index (χ4v) is 4.33. The van der Waals surface area contributed by atoms with E-state index in [1.165, 1.54) is 43.2 Å². The molecule has 2 amide bonds. The minimum absolute atomic E-state index is 0.0634. The van der Waals surface area contributed by atoms with Crippen LogP contribution in [0.15, 0.2) is 18.2 Å². The molecule has 0 radical (unpaired) electrons. The molecule has 1 unspecified atom stereocenters. The van der Waals surface area contributed by atoms with Crippen molar-refractivity contribution in [2.24, 2.45) is 5.92 Å². The number of amides is 2. The zero-order valence-corrected chi connectivity index (χ0v) is 16.8. The van der Waals surface area contributed by atoms with Gasteiger partial charge in [-0.3, -0.25) is 9.59 Å². The summed E-state index contributed by atoms with van der Waals surface area (Å²) in [4.78, 5) is 27.3. The van der Waals surface area contributed by atoms with E-state index in [9.17, 15) is 9.59 Å². The molecule has 148 valence electrons. The first-order valence-corrected chi connectivity index (χ1v) is 10.9. The van der Waals surface area contributed by atoms with Crippen LogP contribution in [0.5, 0.6) is 0 Å². The van der Waals surface area contributed by atoms with E-state index >= 15 is 0 Å². The Hall–Kier alpha value is -1.84. The molecule has 1 atom stereocenters. The number of nitrogens with one attached hydrogen (secondary N) is 1. The number of hydrogen-bond acceptors (Lipinski definition) is 2. The normalized spacial score (nSPS) is 19.4. The molecular formula is C23H34N2O2. The molecule has 1 saturated heterocycles. The lowest BCUT2D eigenvalue weighted by Crippen LogP contribution is -2.45. The van der Waals surface area contributed by atoms with E-state index in [-0.39, 0.29) is 17.7 Å². The third kappa shape index (κ3) is 5.33. The molecule has 2 aliphatic rings. The number of benzene rings is 1. The van der Waals surface area contributed by atoms with E-state index in [0.717, 1.165) is 50.8 Å². The second-order valence-electron chi connectivity index (χ2n) is 8.13. The van der Waals surface area contributed by atoms with Gasteiger partial charge in [0.25, 0.3) is 5.91 Å². The molecule has 1 N–H and O–H groups in total. The SMILES string of the molecule is CCCCCCNC(=O)C1CCCN(C(=O)c2ccc3c(c2)CCCC3)C1. The van der Waals surface area contributed by atoms with Crippen molar-refractivity contribution in [3.05, 3.63) is 34.9 Å². The summed E-state index contributed by atoms with van der Waals surface area (Å²) >= 11 is 0. The van der Waals surface area contributed by atoms with Crippen LogP contribution in [-0.2, 0) is 17.6 Å². The predicted molar refractivity (Wildman–Crippen MR) is 109 cm³/mol. The van der Waals surface area contributed by atoms with E-state index in [1.807, 2.05) is 11.0 Å². The van der Waals surface area contributed by atoms with E-state index < -0.39 is 0 Å². The van der Waals surface area contributed by atoms with Gasteiger partial charge >= 0.3 is 0 Å². The number of carbonyl (C=O) groups is 2. The van der Waals surface area contributed by atoms with Crippen LogP contribution in [-0.4, -0.2) is 36.3 Å². The Morgan fingerprint density at radius 2 is 1.89 bits per heavy atom. The van der Waals surface area contributed by atoms with Gasteiger partial charge in [-0.25, -0.2) is 0 Å². The van der Waals surface area contributed by atoms with Crippen molar-refractivity contribution < 1.29 is 9.59 Å². The minimum atomic E-state index is -0.0634. The van der Waals surface area contributed by atoms with E-state index in [0.29, 0.717) is 6.54 Å². The Kier molecular flexibility index (Phi) is 7.31. The molecule has 4 nitrogen and oxygen atoms in total. The lowest BCUT2D eigenvalue weighted by Gasteiger charge is -2.32. The van der Waals surface area contributed by atoms with Gasteiger partial charge in [-0.1, -0.05) is 32.3 Å². The molecule has 0 bridgehead atoms. The number of unbranched alkanes of at least 4 members (excludes halogenated alkanes) is 3. The van der Waals surface area contributed by atoms with Crippen LogP contribution in [0, 0.1) is 5.92 Å². The van der Waals surface area contributed by atoms with Crippen molar-refractivity contribution >= 4 is 11.8 Å². The highest BCUT2D eigenvalue weighted by Crippen LogP contribution is 2.24. The summed E-state index contributed by atoms with van der Waals surface area (Å²) in [5.41, 5.74) is 3.53. The Balaban J connectivity index is 1.54. The Morgan fingerprint density at radius 1 is 1.07 bits per heavy atom. The van der Waals surface area contributed by atoms with Crippen molar-refractivity contribution in [2.75, 3.05) is 19.6 Å². The Bertz CT molecular complexity index is 656. The molecule has 27 heavy (non-hydrogen) atoms. The molecule has 0 spiro atoms. The first-order valence-electron chi connectivity index (χ1n) is 10.9. The van der Waals surface area contributed by atoms with Gasteiger partial charge < -0.3 is 10.2 Å². The largest absolute Gasteiger partial charge is 0.356 e. The zero-order valence-electron chi connectivity index (χ0n) is 16.8. The minimum Gasteiger partial charge on any atom is -0.356 e. The number of rotatable bonds is 7. The maximum atomic E-state index is 13.0. The summed E-state index contributed by atoms with van der Waals surface area (Å²) < 4.78 is 0. The van der Waals surface area contributed by atoms with Crippen LogP contribution in [0.2, 0.25) is 0 Å². The van der Waals surface area contributed by atoms with Crippen molar-refractivity contribution in [3.63, 3.8) is 0 Å². The fourth-order valence-electron chi connectivity index (χ4n) is 4.33. The number of piperidine rings is 1. The number of carbonyl (C=O) groups excluding carboxylic acids is 2. The topological polar surface area (TPSA) is 49.4 Å². The van der Waals surface area contributed by atoms with Crippen LogP contribution < -0.4 is 5.32 Å². The first-order chi connectivity index (χ1) is 13.2. The average Bonchev–Trinajstić information content (AvgIpc) is 2.72. The number of nitrogens with zero attached hydrogens (tertiary/aromatic N) is 1. The van der Waals surface area contributed by atoms with Crippen molar-refractivity contribution in [2.45, 2.75) is 71.1 Å². The quantitative estimate of drug-likeness (QED) is 0.734. The molecule has 4 heteroatoms. The maximum absolute atomic E-state index is 13.0. The number of likely N-dealkylation sites (tertiary alicyclic amines) is 1. The highest BCUT2D eigenvalue weighted by atomic mass is 16.2. The van der Waals surface area contributed by atoms with Gasteiger partial charge in [0.05, 0.1) is 5.92 Å². The van der Waals surface area contributed by atoms with E-state index in [1.54, 1.807) is 0 Å². The van der Waals surface area contributed by atoms with Crippen molar-refractivity contribution in [1.29, 1.82) is 0 Å². The second kappa shape index (κ2) is 9.91. The van der Waals surface area contributed by atoms with E-state index in [2.05, 4.69) is 24.4 Å². The molecule has 3 rings (SSSR count). The summed E-state index contributed by atoms with van der Waals surface area (Å²) in [6.07, 6.45) is 11.1. The van der Waals surface area contributed by atoms with Gasteiger partial charge in [0.15, 0.2) is 0 Å². The highest BCUT2D eigenvalue weighted by molar-refractivity contribution is 5.95. The number of aryl methyl sites for hydroxylation is 2. The molecule has 0 aromatic heterocycles. The molecule has 1 aliphatic heterocycles. The Morgan fingerprint density at radius 3 is 2.70 bits per heavy atom. The molecule has 1 aromatic rings. The summed E-state index contributed by atoms with van der Waals surface area (Å²) in [6, 6.07) is 6.20. The van der Waals surface area contributed by atoms with Gasteiger partial charge in [-0.05, 0) is 68.2 Å².